The van der Waals surface area contributed by atoms with Gasteiger partial charge in [0.1, 0.15) is 0 Å². The highest BCUT2D eigenvalue weighted by Gasteiger charge is 2.19. The molecule has 1 aromatic heterocycles. The van der Waals surface area contributed by atoms with Crippen LogP contribution in [0.1, 0.15) is 22.5 Å². The Kier molecular flexibility index (Phi) is 4.15. The molecule has 8 heteroatoms. The molecule has 0 aliphatic heterocycles. The molecule has 2 aromatic rings. The lowest BCUT2D eigenvalue weighted by molar-refractivity contribution is 0.579. The van der Waals surface area contributed by atoms with Gasteiger partial charge in [-0.25, -0.2) is 13.1 Å². The SMILES string of the molecule is Cc1cc(C)c(S(=O)(=O)NCCc2nn[nH]n2)c(C)c1. The molecule has 1 aromatic carbocycles. The van der Waals surface area contributed by atoms with E-state index in [0.29, 0.717) is 17.1 Å². The molecule has 0 unspecified atom stereocenters. The lowest BCUT2D eigenvalue weighted by Gasteiger charge is -2.12. The van der Waals surface area contributed by atoms with Crippen molar-refractivity contribution in [1.29, 1.82) is 0 Å². The Labute approximate surface area is 117 Å². The van der Waals surface area contributed by atoms with Crippen LogP contribution in [0.2, 0.25) is 0 Å². The minimum atomic E-state index is -3.53. The standard InChI is InChI=1S/C12H17N5O2S/c1-8-6-9(2)12(10(3)7-8)20(18,19)13-5-4-11-14-16-17-15-11/h6-7,13H,4-5H2,1-3H3,(H,14,15,16,17). The summed E-state index contributed by atoms with van der Waals surface area (Å²) in [7, 11) is -3.53. The molecule has 0 spiro atoms. The van der Waals surface area contributed by atoms with E-state index in [-0.39, 0.29) is 6.54 Å². The van der Waals surface area contributed by atoms with Gasteiger partial charge in [-0.15, -0.1) is 10.2 Å². The molecule has 0 amide bonds. The molecule has 2 rings (SSSR count). The number of rotatable bonds is 5. The number of aromatic nitrogens is 4. The van der Waals surface area contributed by atoms with Crippen LogP contribution in [0.15, 0.2) is 17.0 Å². The summed E-state index contributed by atoms with van der Waals surface area (Å²) in [5.41, 5.74) is 2.54. The highest BCUT2D eigenvalue weighted by molar-refractivity contribution is 7.89. The number of aromatic amines is 1. The molecule has 2 N–H and O–H groups in total. The first-order valence-corrected chi connectivity index (χ1v) is 7.68. The molecule has 0 aliphatic rings. The van der Waals surface area contributed by atoms with Crippen molar-refractivity contribution >= 4 is 10.0 Å². The lowest BCUT2D eigenvalue weighted by Crippen LogP contribution is -2.27. The van der Waals surface area contributed by atoms with Crippen LogP contribution in [0.3, 0.4) is 0 Å². The molecular formula is C12H17N5O2S. The van der Waals surface area contributed by atoms with Crippen molar-refractivity contribution in [2.24, 2.45) is 0 Å². The van der Waals surface area contributed by atoms with E-state index in [1.165, 1.54) is 0 Å². The van der Waals surface area contributed by atoms with E-state index in [9.17, 15) is 8.42 Å². The third-order valence-corrected chi connectivity index (χ3v) is 4.67. The van der Waals surface area contributed by atoms with Crippen LogP contribution in [0.5, 0.6) is 0 Å². The van der Waals surface area contributed by atoms with Crippen LogP contribution in [0.25, 0.3) is 0 Å². The molecule has 0 atom stereocenters. The number of hydrogen-bond acceptors (Lipinski definition) is 5. The quantitative estimate of drug-likeness (QED) is 0.843. The Balaban J connectivity index is 2.14. The third kappa shape index (κ3) is 3.20. The Morgan fingerprint density at radius 2 is 1.85 bits per heavy atom. The minimum Gasteiger partial charge on any atom is -0.211 e. The maximum atomic E-state index is 12.3. The van der Waals surface area contributed by atoms with Gasteiger partial charge in [-0.05, 0) is 31.9 Å². The van der Waals surface area contributed by atoms with E-state index in [2.05, 4.69) is 25.3 Å². The summed E-state index contributed by atoms with van der Waals surface area (Å²) in [6.07, 6.45) is 0.389. The zero-order chi connectivity index (χ0) is 14.8. The van der Waals surface area contributed by atoms with Gasteiger partial charge in [0.2, 0.25) is 10.0 Å². The molecular weight excluding hydrogens is 278 g/mol. The number of tetrazole rings is 1. The zero-order valence-electron chi connectivity index (χ0n) is 11.6. The number of sulfonamides is 1. The van der Waals surface area contributed by atoms with Gasteiger partial charge in [0, 0.05) is 13.0 Å². The number of benzene rings is 1. The molecule has 0 aliphatic carbocycles. The highest BCUT2D eigenvalue weighted by atomic mass is 32.2. The Morgan fingerprint density at radius 3 is 2.40 bits per heavy atom. The molecule has 0 radical (unpaired) electrons. The van der Waals surface area contributed by atoms with Crippen molar-refractivity contribution in [3.05, 3.63) is 34.6 Å². The number of H-pyrrole nitrogens is 1. The summed E-state index contributed by atoms with van der Waals surface area (Å²) >= 11 is 0. The normalized spacial score (nSPS) is 11.8. The first-order chi connectivity index (χ1) is 9.40. The molecule has 1 heterocycles. The molecule has 0 saturated carbocycles. The van der Waals surface area contributed by atoms with Crippen molar-refractivity contribution in [2.45, 2.75) is 32.1 Å². The van der Waals surface area contributed by atoms with Gasteiger partial charge < -0.3 is 0 Å². The molecule has 0 bridgehead atoms. The van der Waals surface area contributed by atoms with E-state index in [0.717, 1.165) is 16.7 Å². The second-order valence-electron chi connectivity index (χ2n) is 4.70. The fourth-order valence-corrected chi connectivity index (χ4v) is 3.73. The van der Waals surface area contributed by atoms with Gasteiger partial charge in [-0.2, -0.15) is 5.21 Å². The summed E-state index contributed by atoms with van der Waals surface area (Å²) in [5.74, 6) is 0.477. The largest absolute Gasteiger partial charge is 0.241 e. The van der Waals surface area contributed by atoms with E-state index < -0.39 is 10.0 Å². The Hall–Kier alpha value is -1.80. The topological polar surface area (TPSA) is 101 Å². The van der Waals surface area contributed by atoms with Crippen LogP contribution in [-0.4, -0.2) is 35.6 Å². The lowest BCUT2D eigenvalue weighted by atomic mass is 10.1. The number of hydrogen-bond donors (Lipinski definition) is 2. The van der Waals surface area contributed by atoms with Crippen LogP contribution < -0.4 is 4.72 Å². The predicted molar refractivity (Wildman–Crippen MR) is 73.7 cm³/mol. The molecule has 0 saturated heterocycles. The first-order valence-electron chi connectivity index (χ1n) is 6.20. The smallest absolute Gasteiger partial charge is 0.211 e. The van der Waals surface area contributed by atoms with Gasteiger partial charge in [0.15, 0.2) is 5.82 Å². The monoisotopic (exact) mass is 295 g/mol. The van der Waals surface area contributed by atoms with Crippen LogP contribution in [0, 0.1) is 20.8 Å². The van der Waals surface area contributed by atoms with E-state index in [1.807, 2.05) is 19.1 Å². The average Bonchev–Trinajstić information content (AvgIpc) is 2.79. The number of nitrogens with zero attached hydrogens (tertiary/aromatic N) is 3. The van der Waals surface area contributed by atoms with Crippen molar-refractivity contribution in [2.75, 3.05) is 6.54 Å². The van der Waals surface area contributed by atoms with Crippen LogP contribution in [0.4, 0.5) is 0 Å². The zero-order valence-corrected chi connectivity index (χ0v) is 12.5. The average molecular weight is 295 g/mol. The second-order valence-corrected chi connectivity index (χ2v) is 6.41. The van der Waals surface area contributed by atoms with Crippen molar-refractivity contribution in [3.63, 3.8) is 0 Å². The first kappa shape index (κ1) is 14.6. The fourth-order valence-electron chi connectivity index (χ4n) is 2.25. The van der Waals surface area contributed by atoms with Gasteiger partial charge in [-0.3, -0.25) is 0 Å². The van der Waals surface area contributed by atoms with Crippen LogP contribution in [-0.2, 0) is 16.4 Å². The summed E-state index contributed by atoms with van der Waals surface area (Å²) < 4.78 is 27.2. The summed E-state index contributed by atoms with van der Waals surface area (Å²) in [6, 6.07) is 3.72. The maximum Gasteiger partial charge on any atom is 0.241 e. The van der Waals surface area contributed by atoms with Gasteiger partial charge in [0.25, 0.3) is 0 Å². The third-order valence-electron chi connectivity index (χ3n) is 2.90. The van der Waals surface area contributed by atoms with Crippen molar-refractivity contribution < 1.29 is 8.42 Å². The maximum absolute atomic E-state index is 12.3. The number of aryl methyl sites for hydroxylation is 3. The van der Waals surface area contributed by atoms with Crippen molar-refractivity contribution in [3.8, 4) is 0 Å². The predicted octanol–water partition coefficient (Wildman–Crippen LogP) is 0.646. The molecule has 20 heavy (non-hydrogen) atoms. The summed E-state index contributed by atoms with van der Waals surface area (Å²) in [4.78, 5) is 0.344. The second kappa shape index (κ2) is 5.68. The minimum absolute atomic E-state index is 0.231. The molecule has 7 nitrogen and oxygen atoms in total. The Bertz CT molecular complexity index is 672. The van der Waals surface area contributed by atoms with Gasteiger partial charge in [0.05, 0.1) is 4.90 Å². The highest BCUT2D eigenvalue weighted by Crippen LogP contribution is 2.21. The molecule has 0 fully saturated rings. The van der Waals surface area contributed by atoms with Gasteiger partial charge in [-0.1, -0.05) is 22.9 Å². The van der Waals surface area contributed by atoms with Gasteiger partial charge >= 0.3 is 0 Å². The van der Waals surface area contributed by atoms with Crippen molar-refractivity contribution in [1.82, 2.24) is 25.3 Å². The summed E-state index contributed by atoms with van der Waals surface area (Å²) in [5, 5.41) is 13.3. The Morgan fingerprint density at radius 1 is 1.20 bits per heavy atom. The van der Waals surface area contributed by atoms with E-state index in [1.54, 1.807) is 13.8 Å². The molecule has 108 valence electrons. The van der Waals surface area contributed by atoms with E-state index >= 15 is 0 Å². The van der Waals surface area contributed by atoms with Crippen LogP contribution >= 0.6 is 0 Å². The fraction of sp³-hybridized carbons (Fsp3) is 0.417. The summed E-state index contributed by atoms with van der Waals surface area (Å²) in [6.45, 7) is 5.77. The van der Waals surface area contributed by atoms with E-state index in [4.69, 9.17) is 0 Å². The number of nitrogens with one attached hydrogen (secondary N) is 2.